The molecule has 0 amide bonds. The zero-order valence-corrected chi connectivity index (χ0v) is 15.4. The van der Waals surface area contributed by atoms with E-state index in [1.54, 1.807) is 20.3 Å². The highest BCUT2D eigenvalue weighted by Crippen LogP contribution is 2.36. The van der Waals surface area contributed by atoms with Gasteiger partial charge >= 0.3 is 5.97 Å². The summed E-state index contributed by atoms with van der Waals surface area (Å²) in [6, 6.07) is 9.87. The Bertz CT molecular complexity index is 1190. The van der Waals surface area contributed by atoms with E-state index in [1.165, 1.54) is 18.2 Å². The summed E-state index contributed by atoms with van der Waals surface area (Å²) in [5, 5.41) is 9.45. The van der Waals surface area contributed by atoms with Crippen molar-refractivity contribution in [3.8, 4) is 11.5 Å². The maximum atomic E-state index is 12.9. The van der Waals surface area contributed by atoms with Crippen LogP contribution in [0, 0.1) is 0 Å². The van der Waals surface area contributed by atoms with Crippen LogP contribution in [-0.4, -0.2) is 25.3 Å². The molecule has 28 heavy (non-hydrogen) atoms. The summed E-state index contributed by atoms with van der Waals surface area (Å²) >= 11 is 0. The second-order valence-corrected chi connectivity index (χ2v) is 6.53. The summed E-state index contributed by atoms with van der Waals surface area (Å²) in [5.41, 5.74) is 2.60. The molecular weight excluding hydrogens is 360 g/mol. The zero-order chi connectivity index (χ0) is 19.8. The molecule has 0 spiro atoms. The number of hydrogen-bond donors (Lipinski definition) is 1. The fraction of sp³-hybridized carbons (Fsp3) is 0.182. The number of rotatable bonds is 4. The first-order valence-electron chi connectivity index (χ1n) is 8.78. The third-order valence-electron chi connectivity index (χ3n) is 4.94. The lowest BCUT2D eigenvalue weighted by molar-refractivity contribution is 0.0697. The lowest BCUT2D eigenvalue weighted by Gasteiger charge is -2.09. The van der Waals surface area contributed by atoms with Crippen molar-refractivity contribution in [2.75, 3.05) is 14.2 Å². The molecule has 4 rings (SSSR count). The van der Waals surface area contributed by atoms with E-state index in [1.807, 2.05) is 18.2 Å². The van der Waals surface area contributed by atoms with E-state index < -0.39 is 5.97 Å². The van der Waals surface area contributed by atoms with Gasteiger partial charge in [0.05, 0.1) is 25.2 Å². The topological polar surface area (TPSA) is 86.0 Å². The maximum absolute atomic E-state index is 12.9. The van der Waals surface area contributed by atoms with Gasteiger partial charge in [0.25, 0.3) is 0 Å². The Kier molecular flexibility index (Phi) is 4.39. The number of fused-ring (bicyclic) bond motifs is 2. The summed E-state index contributed by atoms with van der Waals surface area (Å²) in [4.78, 5) is 24.1. The minimum absolute atomic E-state index is 0.0662. The Morgan fingerprint density at radius 1 is 1.11 bits per heavy atom. The van der Waals surface area contributed by atoms with E-state index >= 15 is 0 Å². The number of benzene rings is 2. The third kappa shape index (κ3) is 2.93. The number of methoxy groups -OCH3 is 2. The number of aromatic carboxylic acids is 1. The number of carboxylic acids is 1. The molecule has 6 heteroatoms. The molecule has 1 heterocycles. The fourth-order valence-corrected chi connectivity index (χ4v) is 3.49. The first-order valence-corrected chi connectivity index (χ1v) is 8.78. The van der Waals surface area contributed by atoms with Crippen LogP contribution in [0.15, 0.2) is 45.6 Å². The molecule has 0 radical (unpaired) electrons. The van der Waals surface area contributed by atoms with Crippen LogP contribution in [0.3, 0.4) is 0 Å². The minimum Gasteiger partial charge on any atom is -0.497 e. The number of carboxylic acid groups (broad SMARTS) is 1. The maximum Gasteiger partial charge on any atom is 0.335 e. The summed E-state index contributed by atoms with van der Waals surface area (Å²) in [6.07, 6.45) is 3.16. The van der Waals surface area contributed by atoms with Gasteiger partial charge in [0, 0.05) is 17.2 Å². The van der Waals surface area contributed by atoms with Crippen molar-refractivity contribution in [2.45, 2.75) is 12.8 Å². The van der Waals surface area contributed by atoms with E-state index in [-0.39, 0.29) is 11.0 Å². The molecule has 6 nitrogen and oxygen atoms in total. The number of allylic oxidation sites excluding steroid dienone is 1. The van der Waals surface area contributed by atoms with Gasteiger partial charge in [-0.2, -0.15) is 0 Å². The molecule has 1 aliphatic rings. The van der Waals surface area contributed by atoms with Gasteiger partial charge in [-0.1, -0.05) is 0 Å². The van der Waals surface area contributed by atoms with E-state index in [0.717, 1.165) is 11.1 Å². The summed E-state index contributed by atoms with van der Waals surface area (Å²) in [7, 11) is 3.18. The van der Waals surface area contributed by atoms with Crippen LogP contribution < -0.4 is 14.9 Å². The molecule has 1 aliphatic carbocycles. The van der Waals surface area contributed by atoms with E-state index in [4.69, 9.17) is 19.0 Å². The molecule has 0 aliphatic heterocycles. The van der Waals surface area contributed by atoms with E-state index in [2.05, 4.69) is 0 Å². The van der Waals surface area contributed by atoms with Gasteiger partial charge in [-0.05, 0) is 54.8 Å². The van der Waals surface area contributed by atoms with Crippen molar-refractivity contribution in [1.29, 1.82) is 0 Å². The highest BCUT2D eigenvalue weighted by Gasteiger charge is 2.24. The average Bonchev–Trinajstić information content (AvgIpc) is 3.11. The van der Waals surface area contributed by atoms with E-state index in [0.29, 0.717) is 46.6 Å². The fourth-order valence-electron chi connectivity index (χ4n) is 3.49. The summed E-state index contributed by atoms with van der Waals surface area (Å²) < 4.78 is 16.7. The van der Waals surface area contributed by atoms with Crippen molar-refractivity contribution < 1.29 is 23.8 Å². The van der Waals surface area contributed by atoms with Gasteiger partial charge in [0.1, 0.15) is 22.8 Å². The molecule has 0 saturated heterocycles. The summed E-state index contributed by atoms with van der Waals surface area (Å²) in [5.74, 6) is 0.833. The number of carbonyl (C=O) groups is 1. The predicted molar refractivity (Wildman–Crippen MR) is 105 cm³/mol. The lowest BCUT2D eigenvalue weighted by Crippen LogP contribution is -2.09. The van der Waals surface area contributed by atoms with Crippen LogP contribution in [0.5, 0.6) is 11.5 Å². The number of hydrogen-bond acceptors (Lipinski definition) is 5. The molecule has 1 N–H and O–H groups in total. The van der Waals surface area contributed by atoms with Crippen LogP contribution in [-0.2, 0) is 6.42 Å². The Morgan fingerprint density at radius 3 is 2.64 bits per heavy atom. The Hall–Kier alpha value is -3.54. The standard InChI is InChI=1S/C22H18O6/c1-26-15-6-3-12(19(11-15)27-2)9-13-4-7-16-20(23)17-10-14(22(24)25)5-8-18(17)28-21(13)16/h3,5-6,8-11H,4,7H2,1-2H3,(H,24,25)/b13-9+. The quantitative estimate of drug-likeness (QED) is 0.739. The van der Waals surface area contributed by atoms with Crippen LogP contribution in [0.4, 0.5) is 0 Å². The SMILES string of the molecule is COc1ccc(/C=C2\CCc3c2oc2ccc(C(=O)O)cc2c3=O)c(OC)c1. The molecule has 0 unspecified atom stereocenters. The van der Waals surface area contributed by atoms with Crippen molar-refractivity contribution in [1.82, 2.24) is 0 Å². The van der Waals surface area contributed by atoms with Gasteiger partial charge in [-0.15, -0.1) is 0 Å². The third-order valence-corrected chi connectivity index (χ3v) is 4.94. The predicted octanol–water partition coefficient (Wildman–Crippen LogP) is 4.00. The molecule has 0 atom stereocenters. The Balaban J connectivity index is 1.85. The van der Waals surface area contributed by atoms with Crippen molar-refractivity contribution in [3.05, 3.63) is 69.1 Å². The van der Waals surface area contributed by atoms with Gasteiger partial charge < -0.3 is 19.0 Å². The molecule has 0 saturated carbocycles. The molecular formula is C22H18O6. The Labute approximate surface area is 160 Å². The summed E-state index contributed by atoms with van der Waals surface area (Å²) in [6.45, 7) is 0. The molecule has 2 aromatic carbocycles. The second-order valence-electron chi connectivity index (χ2n) is 6.53. The normalized spacial score (nSPS) is 14.3. The van der Waals surface area contributed by atoms with Crippen molar-refractivity contribution in [3.63, 3.8) is 0 Å². The first kappa shape index (κ1) is 17.9. The van der Waals surface area contributed by atoms with Crippen LogP contribution >= 0.6 is 0 Å². The zero-order valence-electron chi connectivity index (χ0n) is 15.4. The van der Waals surface area contributed by atoms with Crippen molar-refractivity contribution >= 4 is 28.6 Å². The first-order chi connectivity index (χ1) is 13.5. The lowest BCUT2D eigenvalue weighted by atomic mass is 10.1. The van der Waals surface area contributed by atoms with Crippen molar-refractivity contribution in [2.24, 2.45) is 0 Å². The largest absolute Gasteiger partial charge is 0.497 e. The molecule has 0 fully saturated rings. The molecule has 0 bridgehead atoms. The van der Waals surface area contributed by atoms with E-state index in [9.17, 15) is 9.59 Å². The smallest absolute Gasteiger partial charge is 0.335 e. The monoisotopic (exact) mass is 378 g/mol. The Morgan fingerprint density at radius 2 is 1.93 bits per heavy atom. The van der Waals surface area contributed by atoms with Gasteiger partial charge in [0.15, 0.2) is 5.43 Å². The molecule has 142 valence electrons. The van der Waals surface area contributed by atoms with Crippen LogP contribution in [0.1, 0.15) is 33.7 Å². The van der Waals surface area contributed by atoms with Gasteiger partial charge in [0.2, 0.25) is 0 Å². The van der Waals surface area contributed by atoms with Gasteiger partial charge in [-0.3, -0.25) is 4.79 Å². The second kappa shape index (κ2) is 6.88. The number of ether oxygens (including phenoxy) is 2. The van der Waals surface area contributed by atoms with Gasteiger partial charge in [-0.25, -0.2) is 4.79 Å². The van der Waals surface area contributed by atoms with Crippen LogP contribution in [0.25, 0.3) is 22.6 Å². The highest BCUT2D eigenvalue weighted by atomic mass is 16.5. The average molecular weight is 378 g/mol. The molecule has 3 aromatic rings. The van der Waals surface area contributed by atoms with Crippen LogP contribution in [0.2, 0.25) is 0 Å². The highest BCUT2D eigenvalue weighted by molar-refractivity contribution is 5.94. The minimum atomic E-state index is -1.08. The molecule has 1 aromatic heterocycles.